The molecule has 0 spiro atoms. The number of aromatic amines is 1. The van der Waals surface area contributed by atoms with E-state index in [0.29, 0.717) is 5.56 Å². The van der Waals surface area contributed by atoms with E-state index in [-0.39, 0.29) is 11.9 Å². The quantitative estimate of drug-likeness (QED) is 0.515. The minimum atomic E-state index is -0.0124. The lowest BCUT2D eigenvalue weighted by atomic mass is 10.1. The fourth-order valence-corrected chi connectivity index (χ4v) is 4.07. The highest BCUT2D eigenvalue weighted by Gasteiger charge is 2.32. The number of rotatable bonds is 3. The predicted octanol–water partition coefficient (Wildman–Crippen LogP) is 4.49. The second kappa shape index (κ2) is 6.91. The molecule has 5 rings (SSSR count). The van der Waals surface area contributed by atoms with E-state index in [1.165, 1.54) is 0 Å². The molecule has 1 atom stereocenters. The van der Waals surface area contributed by atoms with Crippen LogP contribution in [0.1, 0.15) is 35.1 Å². The molecule has 1 aliphatic rings. The van der Waals surface area contributed by atoms with Crippen molar-refractivity contribution in [1.29, 1.82) is 0 Å². The molecule has 4 aromatic rings. The molecule has 0 bridgehead atoms. The number of amides is 1. The topological polar surface area (TPSA) is 66.8 Å². The van der Waals surface area contributed by atoms with E-state index in [1.807, 2.05) is 59.6 Å². The minimum Gasteiger partial charge on any atom is -0.340 e. The van der Waals surface area contributed by atoms with Crippen LogP contribution in [-0.4, -0.2) is 37.1 Å². The van der Waals surface area contributed by atoms with E-state index >= 15 is 0 Å². The Morgan fingerprint density at radius 3 is 2.71 bits per heavy atom. The van der Waals surface area contributed by atoms with Crippen LogP contribution < -0.4 is 0 Å². The average molecular weight is 436 g/mol. The molecule has 6 nitrogen and oxygen atoms in total. The molecule has 3 heterocycles. The van der Waals surface area contributed by atoms with E-state index in [9.17, 15) is 4.79 Å². The SMILES string of the molecule is O=C(c1ccc(-n2cc(Br)cn2)cc1)N1CCCC1c1nc2ccccc2[nH]1. The standard InChI is InChI=1S/C21H18BrN5O/c22-15-12-23-27(13-15)16-9-7-14(8-10-16)21(28)26-11-3-6-19(26)20-24-17-4-1-2-5-18(17)25-20/h1-2,4-5,7-10,12-13,19H,3,6,11H2,(H,24,25). The van der Waals surface area contributed by atoms with Crippen LogP contribution in [0, 0.1) is 0 Å². The number of carbonyl (C=O) groups excluding carboxylic acids is 1. The van der Waals surface area contributed by atoms with Crippen LogP contribution >= 0.6 is 15.9 Å². The number of imidazole rings is 1. The summed E-state index contributed by atoms with van der Waals surface area (Å²) >= 11 is 3.40. The summed E-state index contributed by atoms with van der Waals surface area (Å²) in [5.41, 5.74) is 3.54. The Hall–Kier alpha value is -2.93. The Labute approximate surface area is 170 Å². The van der Waals surface area contributed by atoms with Crippen molar-refractivity contribution in [3.63, 3.8) is 0 Å². The Morgan fingerprint density at radius 2 is 1.96 bits per heavy atom. The zero-order valence-corrected chi connectivity index (χ0v) is 16.6. The van der Waals surface area contributed by atoms with Gasteiger partial charge in [0, 0.05) is 18.3 Å². The Bertz CT molecular complexity index is 1110. The average Bonchev–Trinajstić information content (AvgIpc) is 3.46. The summed E-state index contributed by atoms with van der Waals surface area (Å²) in [6.07, 6.45) is 5.52. The third kappa shape index (κ3) is 3.01. The number of hydrogen-bond donors (Lipinski definition) is 1. The van der Waals surface area contributed by atoms with Crippen molar-refractivity contribution in [3.8, 4) is 5.69 Å². The number of fused-ring (bicyclic) bond motifs is 1. The number of hydrogen-bond acceptors (Lipinski definition) is 3. The summed E-state index contributed by atoms with van der Waals surface area (Å²) in [5.74, 6) is 0.904. The van der Waals surface area contributed by atoms with Gasteiger partial charge in [-0.2, -0.15) is 5.10 Å². The first-order valence-corrected chi connectivity index (χ1v) is 10.0. The maximum Gasteiger partial charge on any atom is 0.254 e. The first kappa shape index (κ1) is 17.2. The van der Waals surface area contributed by atoms with Crippen LogP contribution in [0.2, 0.25) is 0 Å². The van der Waals surface area contributed by atoms with Crippen molar-refractivity contribution < 1.29 is 4.79 Å². The summed E-state index contributed by atoms with van der Waals surface area (Å²) in [5, 5.41) is 4.27. The molecule has 1 aliphatic heterocycles. The zero-order chi connectivity index (χ0) is 19.1. The van der Waals surface area contributed by atoms with E-state index < -0.39 is 0 Å². The summed E-state index contributed by atoms with van der Waals surface area (Å²) in [7, 11) is 0. The maximum atomic E-state index is 13.2. The number of nitrogens with one attached hydrogen (secondary N) is 1. The highest BCUT2D eigenvalue weighted by Crippen LogP contribution is 2.32. The molecule has 0 saturated carbocycles. The normalized spacial score (nSPS) is 16.8. The maximum absolute atomic E-state index is 13.2. The van der Waals surface area contributed by atoms with Crippen molar-refractivity contribution >= 4 is 32.9 Å². The first-order valence-electron chi connectivity index (χ1n) is 9.25. The van der Waals surface area contributed by atoms with Crippen LogP contribution in [0.3, 0.4) is 0 Å². The highest BCUT2D eigenvalue weighted by molar-refractivity contribution is 9.10. The van der Waals surface area contributed by atoms with Gasteiger partial charge in [0.1, 0.15) is 5.82 Å². The summed E-state index contributed by atoms with van der Waals surface area (Å²) in [6, 6.07) is 15.5. The van der Waals surface area contributed by atoms with Gasteiger partial charge in [-0.3, -0.25) is 4.79 Å². The number of halogens is 1. The third-order valence-corrected chi connectivity index (χ3v) is 5.58. The predicted molar refractivity (Wildman–Crippen MR) is 110 cm³/mol. The van der Waals surface area contributed by atoms with Gasteiger partial charge in [0.15, 0.2) is 0 Å². The second-order valence-corrected chi connectivity index (χ2v) is 7.86. The van der Waals surface area contributed by atoms with Crippen LogP contribution in [0.4, 0.5) is 0 Å². The Morgan fingerprint density at radius 1 is 1.14 bits per heavy atom. The number of benzene rings is 2. The molecule has 1 saturated heterocycles. The zero-order valence-electron chi connectivity index (χ0n) is 15.0. The van der Waals surface area contributed by atoms with Crippen LogP contribution in [0.5, 0.6) is 0 Å². The summed E-state index contributed by atoms with van der Waals surface area (Å²) in [4.78, 5) is 23.2. The number of para-hydroxylation sites is 2. The van der Waals surface area contributed by atoms with E-state index in [0.717, 1.165) is 46.4 Å². The van der Waals surface area contributed by atoms with E-state index in [1.54, 1.807) is 10.9 Å². The highest BCUT2D eigenvalue weighted by atomic mass is 79.9. The van der Waals surface area contributed by atoms with Gasteiger partial charge in [-0.25, -0.2) is 9.67 Å². The lowest BCUT2D eigenvalue weighted by Crippen LogP contribution is -2.31. The number of H-pyrrole nitrogens is 1. The molecule has 2 aromatic carbocycles. The molecule has 0 aliphatic carbocycles. The van der Waals surface area contributed by atoms with Crippen molar-refractivity contribution in [2.24, 2.45) is 0 Å². The molecule has 0 radical (unpaired) electrons. The Balaban J connectivity index is 1.40. The molecule has 1 unspecified atom stereocenters. The lowest BCUT2D eigenvalue weighted by molar-refractivity contribution is 0.0730. The van der Waals surface area contributed by atoms with Gasteiger partial charge in [0.05, 0.1) is 33.4 Å². The summed E-state index contributed by atoms with van der Waals surface area (Å²) < 4.78 is 2.68. The van der Waals surface area contributed by atoms with Gasteiger partial charge in [0.25, 0.3) is 5.91 Å². The molecule has 1 N–H and O–H groups in total. The second-order valence-electron chi connectivity index (χ2n) is 6.95. The van der Waals surface area contributed by atoms with Crippen molar-refractivity contribution in [1.82, 2.24) is 24.6 Å². The molecule has 7 heteroatoms. The third-order valence-electron chi connectivity index (χ3n) is 5.17. The molecule has 1 fully saturated rings. The van der Waals surface area contributed by atoms with E-state index in [2.05, 4.69) is 26.0 Å². The van der Waals surface area contributed by atoms with E-state index in [4.69, 9.17) is 4.98 Å². The largest absolute Gasteiger partial charge is 0.340 e. The van der Waals surface area contributed by atoms with Crippen molar-refractivity contribution in [2.45, 2.75) is 18.9 Å². The fourth-order valence-electron chi connectivity index (χ4n) is 3.79. The van der Waals surface area contributed by atoms with Gasteiger partial charge < -0.3 is 9.88 Å². The number of nitrogens with zero attached hydrogens (tertiary/aromatic N) is 4. The Kier molecular flexibility index (Phi) is 4.24. The molecule has 140 valence electrons. The minimum absolute atomic E-state index is 0.0124. The van der Waals surface area contributed by atoms with Crippen LogP contribution in [0.25, 0.3) is 16.7 Å². The van der Waals surface area contributed by atoms with Crippen LogP contribution in [0.15, 0.2) is 65.4 Å². The molecule has 2 aromatic heterocycles. The molecule has 28 heavy (non-hydrogen) atoms. The monoisotopic (exact) mass is 435 g/mol. The van der Waals surface area contributed by atoms with Gasteiger partial charge in [-0.05, 0) is 65.2 Å². The van der Waals surface area contributed by atoms with Gasteiger partial charge >= 0.3 is 0 Å². The van der Waals surface area contributed by atoms with Gasteiger partial charge in [-0.1, -0.05) is 12.1 Å². The molecular weight excluding hydrogens is 418 g/mol. The fraction of sp³-hybridized carbons (Fsp3) is 0.190. The molecule has 1 amide bonds. The van der Waals surface area contributed by atoms with Crippen molar-refractivity contribution in [3.05, 3.63) is 76.8 Å². The molecular formula is C21H18BrN5O. The van der Waals surface area contributed by atoms with Crippen LogP contribution in [-0.2, 0) is 0 Å². The van der Waals surface area contributed by atoms with Crippen molar-refractivity contribution in [2.75, 3.05) is 6.54 Å². The smallest absolute Gasteiger partial charge is 0.254 e. The number of likely N-dealkylation sites (tertiary alicyclic amines) is 1. The number of aromatic nitrogens is 4. The van der Waals surface area contributed by atoms with Gasteiger partial charge in [-0.15, -0.1) is 0 Å². The lowest BCUT2D eigenvalue weighted by Gasteiger charge is -2.23. The van der Waals surface area contributed by atoms with Gasteiger partial charge in [0.2, 0.25) is 0 Å². The number of carbonyl (C=O) groups is 1. The first-order chi connectivity index (χ1) is 13.7. The summed E-state index contributed by atoms with van der Waals surface area (Å²) in [6.45, 7) is 0.744.